The van der Waals surface area contributed by atoms with E-state index in [1.54, 1.807) is 0 Å². The van der Waals surface area contributed by atoms with Gasteiger partial charge in [0.2, 0.25) is 0 Å². The van der Waals surface area contributed by atoms with Crippen molar-refractivity contribution in [1.29, 1.82) is 0 Å². The van der Waals surface area contributed by atoms with Gasteiger partial charge in [0, 0.05) is 18.5 Å². The Kier molecular flexibility index (Phi) is 3.89. The molecule has 0 aromatic heterocycles. The van der Waals surface area contributed by atoms with Crippen molar-refractivity contribution >= 4 is 5.78 Å². The van der Waals surface area contributed by atoms with Gasteiger partial charge in [0.05, 0.1) is 0 Å². The van der Waals surface area contributed by atoms with Crippen LogP contribution in [0.25, 0.3) is 11.1 Å². The number of hydrogen-bond donors (Lipinski definition) is 0. The van der Waals surface area contributed by atoms with Gasteiger partial charge in [-0.1, -0.05) is 36.4 Å². The second-order valence-electron chi connectivity index (χ2n) is 6.08. The maximum Gasteiger partial charge on any atom is 0.163 e. The highest BCUT2D eigenvalue weighted by atomic mass is 16.1. The van der Waals surface area contributed by atoms with Crippen molar-refractivity contribution in [3.8, 4) is 11.1 Å². The van der Waals surface area contributed by atoms with Crippen molar-refractivity contribution in [2.45, 2.75) is 25.8 Å². The molecule has 0 N–H and O–H groups in total. The molecule has 0 aliphatic heterocycles. The Morgan fingerprint density at radius 1 is 0.952 bits per heavy atom. The molecule has 0 heterocycles. The van der Waals surface area contributed by atoms with Crippen molar-refractivity contribution in [2.24, 2.45) is 0 Å². The van der Waals surface area contributed by atoms with Crippen LogP contribution in [0.4, 0.5) is 0 Å². The predicted octanol–water partition coefficient (Wildman–Crippen LogP) is 3.93. The molecule has 3 rings (SSSR count). The Morgan fingerprint density at radius 3 is 2.38 bits per heavy atom. The molecule has 1 aliphatic carbocycles. The molecule has 0 radical (unpaired) electrons. The minimum absolute atomic E-state index is 0.294. The molecule has 0 bridgehead atoms. The number of carbonyl (C=O) groups is 1. The fourth-order valence-corrected chi connectivity index (χ4v) is 2.98. The third-order valence-corrected chi connectivity index (χ3v) is 4.05. The summed E-state index contributed by atoms with van der Waals surface area (Å²) in [5.41, 5.74) is 5.76. The van der Waals surface area contributed by atoms with Gasteiger partial charge < -0.3 is 4.90 Å². The molecule has 2 nitrogen and oxygen atoms in total. The first-order valence-corrected chi connectivity index (χ1v) is 7.53. The quantitative estimate of drug-likeness (QED) is 0.848. The average molecular weight is 279 g/mol. The third kappa shape index (κ3) is 3.06. The van der Waals surface area contributed by atoms with E-state index in [9.17, 15) is 4.79 Å². The maximum atomic E-state index is 12.0. The van der Waals surface area contributed by atoms with Crippen molar-refractivity contribution in [2.75, 3.05) is 14.1 Å². The number of nitrogens with zero attached hydrogens (tertiary/aromatic N) is 1. The number of Topliss-reactive ketones (excluding diaryl/α,β-unsaturated/α-hetero) is 1. The zero-order valence-corrected chi connectivity index (χ0v) is 12.7. The van der Waals surface area contributed by atoms with Crippen LogP contribution in [0.2, 0.25) is 0 Å². The number of aryl methyl sites for hydroxylation is 1. The lowest BCUT2D eigenvalue weighted by Crippen LogP contribution is -2.11. The van der Waals surface area contributed by atoms with Gasteiger partial charge in [-0.15, -0.1) is 0 Å². The van der Waals surface area contributed by atoms with Crippen molar-refractivity contribution in [3.05, 3.63) is 59.2 Å². The Morgan fingerprint density at radius 2 is 1.67 bits per heavy atom. The van der Waals surface area contributed by atoms with Gasteiger partial charge in [-0.3, -0.25) is 4.79 Å². The molecule has 0 saturated heterocycles. The SMILES string of the molecule is CN(C)Cc1ccc(-c2ccc3c(c2)C(=O)CCC3)cc1. The molecule has 21 heavy (non-hydrogen) atoms. The molecule has 0 amide bonds. The lowest BCUT2D eigenvalue weighted by Gasteiger charge is -2.16. The van der Waals surface area contributed by atoms with E-state index in [1.807, 2.05) is 0 Å². The van der Waals surface area contributed by atoms with Crippen molar-refractivity contribution in [3.63, 3.8) is 0 Å². The molecule has 108 valence electrons. The van der Waals surface area contributed by atoms with Gasteiger partial charge in [0.15, 0.2) is 5.78 Å². The smallest absolute Gasteiger partial charge is 0.163 e. The van der Waals surface area contributed by atoms with Gasteiger partial charge in [-0.05, 0) is 55.3 Å². The summed E-state index contributed by atoms with van der Waals surface area (Å²) in [7, 11) is 4.14. The van der Waals surface area contributed by atoms with Crippen LogP contribution in [-0.4, -0.2) is 24.8 Å². The standard InChI is InChI=1S/C19H21NO/c1-20(2)13-14-6-8-15(9-7-14)17-11-10-16-4-3-5-19(21)18(16)12-17/h6-12H,3-5,13H2,1-2H3. The molecule has 2 heteroatoms. The zero-order valence-electron chi connectivity index (χ0n) is 12.7. The van der Waals surface area contributed by atoms with Crippen LogP contribution >= 0.6 is 0 Å². The summed E-state index contributed by atoms with van der Waals surface area (Å²) in [5, 5.41) is 0. The van der Waals surface area contributed by atoms with E-state index in [-0.39, 0.29) is 0 Å². The molecular weight excluding hydrogens is 258 g/mol. The lowest BCUT2D eigenvalue weighted by atomic mass is 9.88. The van der Waals surface area contributed by atoms with E-state index < -0.39 is 0 Å². The highest BCUT2D eigenvalue weighted by Crippen LogP contribution is 2.27. The number of hydrogen-bond acceptors (Lipinski definition) is 2. The summed E-state index contributed by atoms with van der Waals surface area (Å²) in [6, 6.07) is 14.9. The first-order chi connectivity index (χ1) is 10.1. The summed E-state index contributed by atoms with van der Waals surface area (Å²) in [5.74, 6) is 0.294. The molecule has 0 fully saturated rings. The summed E-state index contributed by atoms with van der Waals surface area (Å²) in [6.45, 7) is 0.947. The van der Waals surface area contributed by atoms with E-state index in [4.69, 9.17) is 0 Å². The largest absolute Gasteiger partial charge is 0.305 e. The molecule has 2 aromatic rings. The van der Waals surface area contributed by atoms with E-state index in [0.29, 0.717) is 12.2 Å². The zero-order chi connectivity index (χ0) is 14.8. The third-order valence-electron chi connectivity index (χ3n) is 4.05. The van der Waals surface area contributed by atoms with Gasteiger partial charge in [0.25, 0.3) is 0 Å². The summed E-state index contributed by atoms with van der Waals surface area (Å²) >= 11 is 0. The molecule has 0 atom stereocenters. The van der Waals surface area contributed by atoms with Crippen LogP contribution in [0, 0.1) is 0 Å². The monoisotopic (exact) mass is 279 g/mol. The number of ketones is 1. The minimum atomic E-state index is 0.294. The van der Waals surface area contributed by atoms with Crippen LogP contribution in [0.15, 0.2) is 42.5 Å². The first-order valence-electron chi connectivity index (χ1n) is 7.53. The van der Waals surface area contributed by atoms with Crippen molar-refractivity contribution < 1.29 is 4.79 Å². The van der Waals surface area contributed by atoms with E-state index in [2.05, 4.69) is 61.5 Å². The van der Waals surface area contributed by atoms with E-state index >= 15 is 0 Å². The van der Waals surface area contributed by atoms with Crippen molar-refractivity contribution in [1.82, 2.24) is 4.90 Å². The molecular formula is C19H21NO. The van der Waals surface area contributed by atoms with Crippen LogP contribution in [0.3, 0.4) is 0 Å². The predicted molar refractivity (Wildman–Crippen MR) is 86.5 cm³/mol. The Hall–Kier alpha value is -1.93. The molecule has 2 aromatic carbocycles. The van der Waals surface area contributed by atoms with Crippen LogP contribution in [-0.2, 0) is 13.0 Å². The highest BCUT2D eigenvalue weighted by molar-refractivity contribution is 5.99. The fraction of sp³-hybridized carbons (Fsp3) is 0.316. The molecule has 0 unspecified atom stereocenters. The Balaban J connectivity index is 1.90. The fourth-order valence-electron chi connectivity index (χ4n) is 2.98. The topological polar surface area (TPSA) is 20.3 Å². The lowest BCUT2D eigenvalue weighted by molar-refractivity contribution is 0.0972. The normalized spacial score (nSPS) is 14.3. The number of carbonyl (C=O) groups excluding carboxylic acids is 1. The minimum Gasteiger partial charge on any atom is -0.305 e. The first kappa shape index (κ1) is 14.0. The highest BCUT2D eigenvalue weighted by Gasteiger charge is 2.17. The van der Waals surface area contributed by atoms with Gasteiger partial charge in [-0.2, -0.15) is 0 Å². The summed E-state index contributed by atoms with van der Waals surface area (Å²) < 4.78 is 0. The number of benzene rings is 2. The summed E-state index contributed by atoms with van der Waals surface area (Å²) in [4.78, 5) is 14.2. The van der Waals surface area contributed by atoms with Gasteiger partial charge >= 0.3 is 0 Å². The maximum absolute atomic E-state index is 12.0. The summed E-state index contributed by atoms with van der Waals surface area (Å²) in [6.07, 6.45) is 2.71. The number of rotatable bonds is 3. The molecule has 1 aliphatic rings. The number of fused-ring (bicyclic) bond motifs is 1. The van der Waals surface area contributed by atoms with Gasteiger partial charge in [0.1, 0.15) is 0 Å². The Labute approximate surface area is 126 Å². The molecule has 0 saturated carbocycles. The van der Waals surface area contributed by atoms with Crippen LogP contribution in [0.1, 0.15) is 34.3 Å². The average Bonchev–Trinajstić information content (AvgIpc) is 2.48. The van der Waals surface area contributed by atoms with Crippen LogP contribution < -0.4 is 0 Å². The van der Waals surface area contributed by atoms with Crippen LogP contribution in [0.5, 0.6) is 0 Å². The van der Waals surface area contributed by atoms with E-state index in [0.717, 1.165) is 30.5 Å². The van der Waals surface area contributed by atoms with E-state index in [1.165, 1.54) is 16.7 Å². The van der Waals surface area contributed by atoms with Gasteiger partial charge in [-0.25, -0.2) is 0 Å². The molecule has 0 spiro atoms. The Bertz CT molecular complexity index is 656. The second kappa shape index (κ2) is 5.82. The second-order valence-corrected chi connectivity index (χ2v) is 6.08.